The van der Waals surface area contributed by atoms with Crippen LogP contribution in [0.25, 0.3) is 0 Å². The zero-order valence-electron chi connectivity index (χ0n) is 12.9. The van der Waals surface area contributed by atoms with Crippen LogP contribution in [0.4, 0.5) is 5.69 Å². The summed E-state index contributed by atoms with van der Waals surface area (Å²) in [4.78, 5) is 12.2. The van der Waals surface area contributed by atoms with Gasteiger partial charge in [0.05, 0.1) is 18.7 Å². The lowest BCUT2D eigenvalue weighted by Crippen LogP contribution is -2.15. The largest absolute Gasteiger partial charge is 0.380 e. The first-order valence-electron chi connectivity index (χ1n) is 6.88. The van der Waals surface area contributed by atoms with E-state index in [9.17, 15) is 4.79 Å². The van der Waals surface area contributed by atoms with E-state index in [1.807, 2.05) is 45.2 Å². The highest BCUT2D eigenvalue weighted by Gasteiger charge is 2.13. The molecule has 0 saturated carbocycles. The molecule has 5 nitrogen and oxygen atoms in total. The summed E-state index contributed by atoms with van der Waals surface area (Å²) in [5, 5.41) is 7.25. The van der Waals surface area contributed by atoms with E-state index in [1.165, 1.54) is 0 Å². The van der Waals surface area contributed by atoms with Crippen molar-refractivity contribution in [2.75, 3.05) is 12.4 Å². The number of methoxy groups -OCH3 is 1. The summed E-state index contributed by atoms with van der Waals surface area (Å²) in [6.45, 7) is 4.43. The molecule has 0 aliphatic heterocycles. The molecule has 0 saturated heterocycles. The number of nitrogens with zero attached hydrogens (tertiary/aromatic N) is 2. The van der Waals surface area contributed by atoms with Crippen LogP contribution in [0.2, 0.25) is 0 Å². The maximum absolute atomic E-state index is 12.2. The SMILES string of the molecule is COCc1cccc(NC(=O)Cc2c(C)nn(C)c2C)c1. The van der Waals surface area contributed by atoms with E-state index in [1.54, 1.807) is 11.8 Å². The number of amides is 1. The van der Waals surface area contributed by atoms with Crippen LogP contribution in [0.3, 0.4) is 0 Å². The van der Waals surface area contributed by atoms with Gasteiger partial charge < -0.3 is 10.1 Å². The standard InChI is InChI=1S/C16H21N3O2/c1-11-15(12(2)19(3)18-11)9-16(20)17-14-7-5-6-13(8-14)10-21-4/h5-8H,9-10H2,1-4H3,(H,17,20). The summed E-state index contributed by atoms with van der Waals surface area (Å²) >= 11 is 0. The predicted molar refractivity (Wildman–Crippen MR) is 82.2 cm³/mol. The third-order valence-electron chi connectivity index (χ3n) is 3.52. The molecule has 0 bridgehead atoms. The molecule has 2 rings (SSSR count). The highest BCUT2D eigenvalue weighted by atomic mass is 16.5. The van der Waals surface area contributed by atoms with Gasteiger partial charge in [-0.05, 0) is 31.5 Å². The van der Waals surface area contributed by atoms with Crippen molar-refractivity contribution in [3.63, 3.8) is 0 Å². The van der Waals surface area contributed by atoms with Gasteiger partial charge in [-0.2, -0.15) is 5.10 Å². The van der Waals surface area contributed by atoms with E-state index in [2.05, 4.69) is 10.4 Å². The van der Waals surface area contributed by atoms with Gasteiger partial charge in [0.2, 0.25) is 5.91 Å². The van der Waals surface area contributed by atoms with Crippen molar-refractivity contribution in [2.45, 2.75) is 26.9 Å². The Labute approximate surface area is 124 Å². The molecular formula is C16H21N3O2. The van der Waals surface area contributed by atoms with Crippen LogP contribution in [-0.2, 0) is 29.6 Å². The fourth-order valence-corrected chi connectivity index (χ4v) is 2.34. The minimum Gasteiger partial charge on any atom is -0.380 e. The summed E-state index contributed by atoms with van der Waals surface area (Å²) < 4.78 is 6.90. The number of rotatable bonds is 5. The van der Waals surface area contributed by atoms with Gasteiger partial charge in [-0.15, -0.1) is 0 Å². The van der Waals surface area contributed by atoms with Crippen LogP contribution in [-0.4, -0.2) is 22.8 Å². The van der Waals surface area contributed by atoms with Crippen molar-refractivity contribution < 1.29 is 9.53 Å². The first-order chi connectivity index (χ1) is 10.0. The van der Waals surface area contributed by atoms with Crippen molar-refractivity contribution >= 4 is 11.6 Å². The molecule has 1 N–H and O–H groups in total. The number of carbonyl (C=O) groups excluding carboxylic acids is 1. The van der Waals surface area contributed by atoms with Crippen LogP contribution in [0.15, 0.2) is 24.3 Å². The number of aryl methyl sites for hydroxylation is 2. The van der Waals surface area contributed by atoms with Crippen molar-refractivity contribution in [1.82, 2.24) is 9.78 Å². The zero-order valence-corrected chi connectivity index (χ0v) is 12.9. The van der Waals surface area contributed by atoms with Crippen LogP contribution >= 0.6 is 0 Å². The zero-order chi connectivity index (χ0) is 15.4. The molecule has 1 aromatic heterocycles. The fraction of sp³-hybridized carbons (Fsp3) is 0.375. The summed E-state index contributed by atoms with van der Waals surface area (Å²) in [5.74, 6) is -0.0382. The molecular weight excluding hydrogens is 266 g/mol. The van der Waals surface area contributed by atoms with Gasteiger partial charge in [-0.3, -0.25) is 9.48 Å². The van der Waals surface area contributed by atoms with E-state index in [-0.39, 0.29) is 5.91 Å². The molecule has 0 fully saturated rings. The van der Waals surface area contributed by atoms with Gasteiger partial charge in [0.15, 0.2) is 0 Å². The quantitative estimate of drug-likeness (QED) is 0.918. The van der Waals surface area contributed by atoms with E-state index < -0.39 is 0 Å². The number of anilines is 1. The smallest absolute Gasteiger partial charge is 0.228 e. The monoisotopic (exact) mass is 287 g/mol. The lowest BCUT2D eigenvalue weighted by atomic mass is 10.1. The van der Waals surface area contributed by atoms with E-state index in [4.69, 9.17) is 4.74 Å². The molecule has 0 unspecified atom stereocenters. The Balaban J connectivity index is 2.06. The first-order valence-corrected chi connectivity index (χ1v) is 6.88. The van der Waals surface area contributed by atoms with Crippen molar-refractivity contribution in [2.24, 2.45) is 7.05 Å². The molecule has 5 heteroatoms. The lowest BCUT2D eigenvalue weighted by Gasteiger charge is -2.07. The third-order valence-corrected chi connectivity index (χ3v) is 3.52. The van der Waals surface area contributed by atoms with E-state index in [0.29, 0.717) is 13.0 Å². The molecule has 0 aliphatic rings. The number of benzene rings is 1. The molecule has 1 heterocycles. The minimum atomic E-state index is -0.0382. The van der Waals surface area contributed by atoms with E-state index in [0.717, 1.165) is 28.2 Å². The average molecular weight is 287 g/mol. The molecule has 0 aliphatic carbocycles. The maximum Gasteiger partial charge on any atom is 0.228 e. The Morgan fingerprint density at radius 2 is 2.14 bits per heavy atom. The van der Waals surface area contributed by atoms with Gasteiger partial charge in [-0.1, -0.05) is 12.1 Å². The highest BCUT2D eigenvalue weighted by molar-refractivity contribution is 5.92. The molecule has 0 spiro atoms. The lowest BCUT2D eigenvalue weighted by molar-refractivity contribution is -0.115. The Hall–Kier alpha value is -2.14. The minimum absolute atomic E-state index is 0.0382. The first kappa shape index (κ1) is 15.3. The normalized spacial score (nSPS) is 10.7. The number of nitrogens with one attached hydrogen (secondary N) is 1. The molecule has 1 amide bonds. The van der Waals surface area contributed by atoms with Crippen LogP contribution < -0.4 is 5.32 Å². The second-order valence-electron chi connectivity index (χ2n) is 5.13. The molecule has 1 aromatic carbocycles. The van der Waals surface area contributed by atoms with Crippen LogP contribution in [0.5, 0.6) is 0 Å². The summed E-state index contributed by atoms with van der Waals surface area (Å²) in [7, 11) is 3.54. The van der Waals surface area contributed by atoms with Crippen molar-refractivity contribution in [3.05, 3.63) is 46.8 Å². The molecule has 2 aromatic rings. The second-order valence-corrected chi connectivity index (χ2v) is 5.13. The number of aromatic nitrogens is 2. The van der Waals surface area contributed by atoms with Crippen LogP contribution in [0, 0.1) is 13.8 Å². The summed E-state index contributed by atoms with van der Waals surface area (Å²) in [5.41, 5.74) is 4.73. The number of hydrogen-bond acceptors (Lipinski definition) is 3. The Morgan fingerprint density at radius 3 is 2.76 bits per heavy atom. The van der Waals surface area contributed by atoms with Gasteiger partial charge in [0.1, 0.15) is 0 Å². The fourth-order valence-electron chi connectivity index (χ4n) is 2.34. The number of ether oxygens (including phenoxy) is 1. The van der Waals surface area contributed by atoms with Gasteiger partial charge in [0.25, 0.3) is 0 Å². The van der Waals surface area contributed by atoms with Gasteiger partial charge in [-0.25, -0.2) is 0 Å². The maximum atomic E-state index is 12.2. The Bertz CT molecular complexity index is 647. The van der Waals surface area contributed by atoms with Crippen LogP contribution in [0.1, 0.15) is 22.5 Å². The topological polar surface area (TPSA) is 56.1 Å². The van der Waals surface area contributed by atoms with Gasteiger partial charge >= 0.3 is 0 Å². The average Bonchev–Trinajstić information content (AvgIpc) is 2.66. The van der Waals surface area contributed by atoms with Gasteiger partial charge in [0, 0.05) is 31.1 Å². The Kier molecular flexibility index (Phi) is 4.75. The predicted octanol–water partition coefficient (Wildman–Crippen LogP) is 2.36. The summed E-state index contributed by atoms with van der Waals surface area (Å²) in [6.07, 6.45) is 0.333. The molecule has 21 heavy (non-hydrogen) atoms. The second kappa shape index (κ2) is 6.54. The Morgan fingerprint density at radius 1 is 1.38 bits per heavy atom. The molecule has 0 atom stereocenters. The highest BCUT2D eigenvalue weighted by Crippen LogP contribution is 2.15. The molecule has 112 valence electrons. The third kappa shape index (κ3) is 3.70. The molecule has 0 radical (unpaired) electrons. The number of hydrogen-bond donors (Lipinski definition) is 1. The number of carbonyl (C=O) groups is 1. The van der Waals surface area contributed by atoms with Crippen molar-refractivity contribution in [3.8, 4) is 0 Å². The summed E-state index contributed by atoms with van der Waals surface area (Å²) in [6, 6.07) is 7.67. The van der Waals surface area contributed by atoms with E-state index >= 15 is 0 Å². The van der Waals surface area contributed by atoms with Crippen molar-refractivity contribution in [1.29, 1.82) is 0 Å².